The molecule has 3 aromatic carbocycles. The molecule has 5 rings (SSSR count). The minimum atomic E-state index is -4.37. The molecule has 1 aliphatic rings. The van der Waals surface area contributed by atoms with Gasteiger partial charge in [-0.05, 0) is 67.4 Å². The van der Waals surface area contributed by atoms with Crippen LogP contribution in [0.5, 0.6) is 5.75 Å². The average molecular weight is 579 g/mol. The number of hydrogen-bond donors (Lipinski definition) is 0. The number of ether oxygens (including phenoxy) is 1. The van der Waals surface area contributed by atoms with Crippen LogP contribution in [-0.4, -0.2) is 60.1 Å². The molecule has 0 radical (unpaired) electrons. The highest BCUT2D eigenvalue weighted by atomic mass is 19.4. The van der Waals surface area contributed by atoms with Crippen LogP contribution >= 0.6 is 0 Å². The van der Waals surface area contributed by atoms with E-state index < -0.39 is 11.7 Å². The standard InChI is InChI=1S/C33H37F3N4O2/c34-33(35,36)27-12-10-26(11-13-27)25-40-31-24-28(39-20-18-38(19-21-39)17-6-1-2-7-22-41)14-15-30(31)37-32(40)16-23-42-29-8-4-3-5-9-29/h3-5,8-15,22,24H,1-2,6-7,16-21,23,25H2. The molecule has 0 atom stereocenters. The number of halogens is 3. The number of carbonyl (C=O) groups excluding carboxylic acids is 1. The van der Waals surface area contributed by atoms with Gasteiger partial charge in [0.2, 0.25) is 0 Å². The van der Waals surface area contributed by atoms with Crippen molar-refractivity contribution in [3.63, 3.8) is 0 Å². The molecule has 42 heavy (non-hydrogen) atoms. The third-order valence-corrected chi connectivity index (χ3v) is 7.80. The third kappa shape index (κ3) is 7.70. The van der Waals surface area contributed by atoms with Crippen molar-refractivity contribution in [2.45, 2.75) is 44.8 Å². The van der Waals surface area contributed by atoms with Crippen molar-refractivity contribution in [3.8, 4) is 5.75 Å². The van der Waals surface area contributed by atoms with Gasteiger partial charge in [-0.2, -0.15) is 13.2 Å². The molecule has 9 heteroatoms. The van der Waals surface area contributed by atoms with Crippen LogP contribution in [-0.2, 0) is 23.9 Å². The van der Waals surface area contributed by atoms with Gasteiger partial charge < -0.3 is 19.0 Å². The van der Waals surface area contributed by atoms with Crippen LogP contribution < -0.4 is 9.64 Å². The molecule has 222 valence electrons. The van der Waals surface area contributed by atoms with E-state index in [2.05, 4.69) is 26.5 Å². The molecule has 0 aliphatic carbocycles. The second kappa shape index (κ2) is 13.9. The number of unbranched alkanes of at least 4 members (excludes halogenated alkanes) is 3. The summed E-state index contributed by atoms with van der Waals surface area (Å²) in [6.45, 7) is 5.72. The number of imidazole rings is 1. The Hall–Kier alpha value is -3.85. The Kier molecular flexibility index (Phi) is 9.79. The van der Waals surface area contributed by atoms with E-state index in [9.17, 15) is 18.0 Å². The summed E-state index contributed by atoms with van der Waals surface area (Å²) in [6, 6.07) is 21.3. The average Bonchev–Trinajstić information content (AvgIpc) is 3.34. The van der Waals surface area contributed by atoms with E-state index in [1.54, 1.807) is 12.1 Å². The molecule has 1 aromatic heterocycles. The molecule has 6 nitrogen and oxygen atoms in total. The van der Waals surface area contributed by atoms with Crippen LogP contribution in [0.3, 0.4) is 0 Å². The third-order valence-electron chi connectivity index (χ3n) is 7.80. The van der Waals surface area contributed by atoms with Crippen molar-refractivity contribution in [2.24, 2.45) is 0 Å². The number of fused-ring (bicyclic) bond motifs is 1. The first-order valence-electron chi connectivity index (χ1n) is 14.6. The van der Waals surface area contributed by atoms with Crippen LogP contribution in [0.15, 0.2) is 72.8 Å². The fraction of sp³-hybridized carbons (Fsp3) is 0.394. The summed E-state index contributed by atoms with van der Waals surface area (Å²) in [4.78, 5) is 20.3. The molecule has 4 aromatic rings. The monoisotopic (exact) mass is 578 g/mol. The predicted octanol–water partition coefficient (Wildman–Crippen LogP) is 6.61. The Morgan fingerprint density at radius 2 is 1.64 bits per heavy atom. The Morgan fingerprint density at radius 1 is 0.881 bits per heavy atom. The van der Waals surface area contributed by atoms with E-state index >= 15 is 0 Å². The van der Waals surface area contributed by atoms with Gasteiger partial charge in [-0.3, -0.25) is 4.90 Å². The van der Waals surface area contributed by atoms with Crippen molar-refractivity contribution in [1.82, 2.24) is 14.5 Å². The van der Waals surface area contributed by atoms with Crippen LogP contribution in [0.25, 0.3) is 11.0 Å². The topological polar surface area (TPSA) is 50.6 Å². The second-order valence-electron chi connectivity index (χ2n) is 10.7. The van der Waals surface area contributed by atoms with Crippen molar-refractivity contribution in [2.75, 3.05) is 44.2 Å². The van der Waals surface area contributed by atoms with Crippen LogP contribution in [0.4, 0.5) is 18.9 Å². The number of benzene rings is 3. The fourth-order valence-electron chi connectivity index (χ4n) is 5.45. The number of para-hydroxylation sites is 1. The summed E-state index contributed by atoms with van der Waals surface area (Å²) < 4.78 is 47.5. The van der Waals surface area contributed by atoms with Crippen LogP contribution in [0.1, 0.15) is 42.6 Å². The molecular weight excluding hydrogens is 541 g/mol. The Morgan fingerprint density at radius 3 is 2.36 bits per heavy atom. The first-order valence-corrected chi connectivity index (χ1v) is 14.6. The zero-order chi connectivity index (χ0) is 29.4. The summed E-state index contributed by atoms with van der Waals surface area (Å²) in [5.41, 5.74) is 3.06. The zero-order valence-electron chi connectivity index (χ0n) is 23.7. The van der Waals surface area contributed by atoms with E-state index in [1.807, 2.05) is 36.4 Å². The number of aromatic nitrogens is 2. The Bertz CT molecular complexity index is 1430. The van der Waals surface area contributed by atoms with E-state index in [0.29, 0.717) is 26.0 Å². The number of piperazine rings is 1. The summed E-state index contributed by atoms with van der Waals surface area (Å²) in [7, 11) is 0. The van der Waals surface area contributed by atoms with Crippen molar-refractivity contribution in [3.05, 3.63) is 89.7 Å². The maximum absolute atomic E-state index is 13.2. The Balaban J connectivity index is 1.32. The van der Waals surface area contributed by atoms with Crippen molar-refractivity contribution in [1.29, 1.82) is 0 Å². The predicted molar refractivity (Wildman–Crippen MR) is 159 cm³/mol. The lowest BCUT2D eigenvalue weighted by Crippen LogP contribution is -2.46. The quantitative estimate of drug-likeness (QED) is 0.132. The van der Waals surface area contributed by atoms with Gasteiger partial charge in [-0.15, -0.1) is 0 Å². The number of nitrogens with zero attached hydrogens (tertiary/aromatic N) is 4. The highest BCUT2D eigenvalue weighted by Gasteiger charge is 2.30. The molecule has 0 bridgehead atoms. The van der Waals surface area contributed by atoms with Gasteiger partial charge in [0.1, 0.15) is 17.9 Å². The number of rotatable bonds is 13. The lowest BCUT2D eigenvalue weighted by atomic mass is 10.1. The van der Waals surface area contributed by atoms with E-state index in [-0.39, 0.29) is 0 Å². The zero-order valence-corrected chi connectivity index (χ0v) is 23.7. The largest absolute Gasteiger partial charge is 0.493 e. The first kappa shape index (κ1) is 29.6. The van der Waals surface area contributed by atoms with Gasteiger partial charge in [0.25, 0.3) is 0 Å². The highest BCUT2D eigenvalue weighted by Crippen LogP contribution is 2.30. The molecule has 1 fully saturated rings. The van der Waals surface area contributed by atoms with E-state index in [4.69, 9.17) is 9.72 Å². The Labute approximate surface area is 244 Å². The maximum atomic E-state index is 13.2. The summed E-state index contributed by atoms with van der Waals surface area (Å²) in [5.74, 6) is 1.61. The number of hydrogen-bond acceptors (Lipinski definition) is 5. The summed E-state index contributed by atoms with van der Waals surface area (Å²) in [5, 5.41) is 0. The first-order chi connectivity index (χ1) is 20.4. The van der Waals surface area contributed by atoms with Gasteiger partial charge in [-0.25, -0.2) is 4.98 Å². The smallest absolute Gasteiger partial charge is 0.416 e. The molecule has 1 saturated heterocycles. The van der Waals surface area contributed by atoms with E-state index in [0.717, 1.165) is 104 Å². The lowest BCUT2D eigenvalue weighted by Gasteiger charge is -2.36. The van der Waals surface area contributed by atoms with Crippen LogP contribution in [0.2, 0.25) is 0 Å². The van der Waals surface area contributed by atoms with Crippen LogP contribution in [0, 0.1) is 0 Å². The van der Waals surface area contributed by atoms with Gasteiger partial charge in [0.05, 0.1) is 23.2 Å². The SMILES string of the molecule is O=CCCCCCN1CCN(c2ccc3nc(CCOc4ccccc4)n(Cc4ccc(C(F)(F)F)cc4)c3c2)CC1. The van der Waals surface area contributed by atoms with Gasteiger partial charge in [0, 0.05) is 51.3 Å². The summed E-state index contributed by atoms with van der Waals surface area (Å²) >= 11 is 0. The minimum absolute atomic E-state index is 0.413. The molecule has 0 unspecified atom stereocenters. The van der Waals surface area contributed by atoms with Gasteiger partial charge in [0.15, 0.2) is 0 Å². The minimum Gasteiger partial charge on any atom is -0.493 e. The molecule has 0 spiro atoms. The maximum Gasteiger partial charge on any atom is 0.416 e. The van der Waals surface area contributed by atoms with Gasteiger partial charge in [-0.1, -0.05) is 36.8 Å². The molecule has 1 aliphatic heterocycles. The number of carbonyl (C=O) groups is 1. The van der Waals surface area contributed by atoms with Gasteiger partial charge >= 0.3 is 6.18 Å². The molecule has 0 amide bonds. The lowest BCUT2D eigenvalue weighted by molar-refractivity contribution is -0.137. The number of anilines is 1. The second-order valence-corrected chi connectivity index (χ2v) is 10.7. The van der Waals surface area contributed by atoms with E-state index in [1.165, 1.54) is 0 Å². The number of aldehydes is 1. The normalized spacial score (nSPS) is 14.4. The molecule has 0 N–H and O–H groups in total. The number of alkyl halides is 3. The van der Waals surface area contributed by atoms with Crippen molar-refractivity contribution < 1.29 is 22.7 Å². The summed E-state index contributed by atoms with van der Waals surface area (Å²) in [6.07, 6.45) is 0.988. The highest BCUT2D eigenvalue weighted by molar-refractivity contribution is 5.81. The fourth-order valence-corrected chi connectivity index (χ4v) is 5.45. The molecule has 2 heterocycles. The molecule has 0 saturated carbocycles. The molecular formula is C33H37F3N4O2. The van der Waals surface area contributed by atoms with Crippen molar-refractivity contribution >= 4 is 23.0 Å².